The summed E-state index contributed by atoms with van der Waals surface area (Å²) in [5, 5.41) is 4.13. The minimum atomic E-state index is 0.428. The molecule has 3 nitrogen and oxygen atoms in total. The molecule has 0 aliphatic carbocycles. The minimum Gasteiger partial charge on any atom is -0.497 e. The first-order valence-corrected chi connectivity index (χ1v) is 6.26. The molecule has 1 aromatic carbocycles. The summed E-state index contributed by atoms with van der Waals surface area (Å²) in [4.78, 5) is 0. The normalized spacial score (nSPS) is 20.1. The van der Waals surface area contributed by atoms with Crippen LogP contribution in [-0.2, 0) is 0 Å². The van der Waals surface area contributed by atoms with E-state index in [4.69, 9.17) is 21.1 Å². The van der Waals surface area contributed by atoms with Gasteiger partial charge in [0.1, 0.15) is 11.5 Å². The number of halogens is 1. The molecule has 0 bridgehead atoms. The van der Waals surface area contributed by atoms with E-state index in [2.05, 4.69) is 5.32 Å². The van der Waals surface area contributed by atoms with Crippen LogP contribution >= 0.6 is 11.6 Å². The van der Waals surface area contributed by atoms with Crippen LogP contribution in [0.15, 0.2) is 12.1 Å². The lowest BCUT2D eigenvalue weighted by molar-refractivity contribution is 0.380. The Hall–Kier alpha value is -0.930. The maximum Gasteiger partial charge on any atom is 0.127 e. The number of benzene rings is 1. The van der Waals surface area contributed by atoms with Crippen LogP contribution in [0.25, 0.3) is 0 Å². The van der Waals surface area contributed by atoms with Gasteiger partial charge in [-0.1, -0.05) is 11.6 Å². The fourth-order valence-corrected chi connectivity index (χ4v) is 2.71. The maximum absolute atomic E-state index is 6.34. The van der Waals surface area contributed by atoms with E-state index in [1.165, 1.54) is 6.42 Å². The van der Waals surface area contributed by atoms with Gasteiger partial charge < -0.3 is 14.8 Å². The number of nitrogens with one attached hydrogen (secondary N) is 1. The summed E-state index contributed by atoms with van der Waals surface area (Å²) >= 11 is 6.34. The molecular weight excluding hydrogens is 238 g/mol. The van der Waals surface area contributed by atoms with Crippen molar-refractivity contribution in [2.75, 3.05) is 27.3 Å². The summed E-state index contributed by atoms with van der Waals surface area (Å²) in [5.41, 5.74) is 1.10. The molecule has 0 aromatic heterocycles. The Balaban J connectivity index is 2.36. The largest absolute Gasteiger partial charge is 0.497 e. The first-order valence-electron chi connectivity index (χ1n) is 5.88. The third kappa shape index (κ3) is 2.67. The molecule has 1 aliphatic heterocycles. The maximum atomic E-state index is 6.34. The Morgan fingerprint density at radius 2 is 2.12 bits per heavy atom. The highest BCUT2D eigenvalue weighted by atomic mass is 35.5. The average Bonchev–Trinajstić information content (AvgIpc) is 2.38. The molecule has 1 atom stereocenters. The van der Waals surface area contributed by atoms with Gasteiger partial charge in [-0.15, -0.1) is 0 Å². The van der Waals surface area contributed by atoms with E-state index in [9.17, 15) is 0 Å². The zero-order valence-electron chi connectivity index (χ0n) is 10.3. The minimum absolute atomic E-state index is 0.428. The van der Waals surface area contributed by atoms with Crippen LogP contribution in [0, 0.1) is 0 Å². The van der Waals surface area contributed by atoms with Gasteiger partial charge in [0.15, 0.2) is 0 Å². The van der Waals surface area contributed by atoms with Gasteiger partial charge in [-0.3, -0.25) is 0 Å². The lowest BCUT2D eigenvalue weighted by atomic mass is 9.91. The monoisotopic (exact) mass is 255 g/mol. The number of ether oxygens (including phenoxy) is 2. The second-order valence-corrected chi connectivity index (χ2v) is 4.68. The highest BCUT2D eigenvalue weighted by Crippen LogP contribution is 2.39. The standard InChI is InChI=1S/C13H18ClNO2/c1-16-10-6-11(14)13(12(7-10)17-2)9-4-3-5-15-8-9/h6-7,9,15H,3-5,8H2,1-2H3. The van der Waals surface area contributed by atoms with E-state index in [1.54, 1.807) is 14.2 Å². The van der Waals surface area contributed by atoms with Crippen molar-refractivity contribution in [1.29, 1.82) is 0 Å². The summed E-state index contributed by atoms with van der Waals surface area (Å²) in [6.07, 6.45) is 2.32. The molecule has 17 heavy (non-hydrogen) atoms. The van der Waals surface area contributed by atoms with Crippen molar-refractivity contribution >= 4 is 11.6 Å². The number of piperidine rings is 1. The molecule has 4 heteroatoms. The van der Waals surface area contributed by atoms with Crippen LogP contribution in [0.3, 0.4) is 0 Å². The molecule has 0 spiro atoms. The Morgan fingerprint density at radius 1 is 1.29 bits per heavy atom. The molecule has 0 radical (unpaired) electrons. The van der Waals surface area contributed by atoms with E-state index in [0.717, 1.165) is 41.6 Å². The zero-order valence-corrected chi connectivity index (χ0v) is 11.0. The molecule has 2 rings (SSSR count). The van der Waals surface area contributed by atoms with Crippen molar-refractivity contribution < 1.29 is 9.47 Å². The number of hydrogen-bond acceptors (Lipinski definition) is 3. The van der Waals surface area contributed by atoms with Crippen molar-refractivity contribution in [3.63, 3.8) is 0 Å². The smallest absolute Gasteiger partial charge is 0.127 e. The van der Waals surface area contributed by atoms with Gasteiger partial charge in [0.2, 0.25) is 0 Å². The predicted molar refractivity (Wildman–Crippen MR) is 69.4 cm³/mol. The number of rotatable bonds is 3. The predicted octanol–water partition coefficient (Wildman–Crippen LogP) is 2.82. The molecule has 1 saturated heterocycles. The van der Waals surface area contributed by atoms with Crippen molar-refractivity contribution in [3.05, 3.63) is 22.7 Å². The topological polar surface area (TPSA) is 30.5 Å². The first-order chi connectivity index (χ1) is 8.26. The van der Waals surface area contributed by atoms with Gasteiger partial charge >= 0.3 is 0 Å². The summed E-state index contributed by atoms with van der Waals surface area (Å²) < 4.78 is 10.6. The number of hydrogen-bond donors (Lipinski definition) is 1. The Morgan fingerprint density at radius 3 is 2.71 bits per heavy atom. The van der Waals surface area contributed by atoms with Gasteiger partial charge in [-0.2, -0.15) is 0 Å². The third-order valence-corrected chi connectivity index (χ3v) is 3.54. The lowest BCUT2D eigenvalue weighted by Crippen LogP contribution is -2.28. The Kier molecular flexibility index (Phi) is 4.13. The van der Waals surface area contributed by atoms with Gasteiger partial charge in [-0.05, 0) is 25.5 Å². The highest BCUT2D eigenvalue weighted by Gasteiger charge is 2.22. The molecular formula is C13H18ClNO2. The molecule has 1 unspecified atom stereocenters. The van der Waals surface area contributed by atoms with Crippen LogP contribution in [0.1, 0.15) is 24.3 Å². The fraction of sp³-hybridized carbons (Fsp3) is 0.538. The van der Waals surface area contributed by atoms with Crippen LogP contribution in [0.2, 0.25) is 5.02 Å². The summed E-state index contributed by atoms with van der Waals surface area (Å²) in [6, 6.07) is 3.75. The van der Waals surface area contributed by atoms with Crippen molar-refractivity contribution in [2.45, 2.75) is 18.8 Å². The molecule has 1 fully saturated rings. The summed E-state index contributed by atoms with van der Waals surface area (Å²) in [5.74, 6) is 1.99. The van der Waals surface area contributed by atoms with Crippen LogP contribution in [-0.4, -0.2) is 27.3 Å². The van der Waals surface area contributed by atoms with Crippen LogP contribution in [0.5, 0.6) is 11.5 Å². The van der Waals surface area contributed by atoms with Gasteiger partial charge in [-0.25, -0.2) is 0 Å². The zero-order chi connectivity index (χ0) is 12.3. The van der Waals surface area contributed by atoms with Crippen molar-refractivity contribution in [2.24, 2.45) is 0 Å². The van der Waals surface area contributed by atoms with E-state index in [1.807, 2.05) is 12.1 Å². The quantitative estimate of drug-likeness (QED) is 0.901. The summed E-state index contributed by atoms with van der Waals surface area (Å²) in [7, 11) is 3.30. The van der Waals surface area contributed by atoms with E-state index in [0.29, 0.717) is 5.92 Å². The van der Waals surface area contributed by atoms with E-state index >= 15 is 0 Å². The third-order valence-electron chi connectivity index (χ3n) is 3.23. The van der Waals surface area contributed by atoms with Gasteiger partial charge in [0, 0.05) is 24.1 Å². The molecule has 94 valence electrons. The van der Waals surface area contributed by atoms with E-state index in [-0.39, 0.29) is 0 Å². The molecule has 1 heterocycles. The molecule has 1 aromatic rings. The van der Waals surface area contributed by atoms with Gasteiger partial charge in [0.05, 0.1) is 19.2 Å². The molecule has 1 N–H and O–H groups in total. The first kappa shape index (κ1) is 12.5. The lowest BCUT2D eigenvalue weighted by Gasteiger charge is -2.25. The van der Waals surface area contributed by atoms with E-state index < -0.39 is 0 Å². The van der Waals surface area contributed by atoms with Crippen LogP contribution in [0.4, 0.5) is 0 Å². The second-order valence-electron chi connectivity index (χ2n) is 4.27. The second kappa shape index (κ2) is 5.61. The number of methoxy groups -OCH3 is 2. The van der Waals surface area contributed by atoms with Crippen LogP contribution < -0.4 is 14.8 Å². The molecule has 0 amide bonds. The van der Waals surface area contributed by atoms with Gasteiger partial charge in [0.25, 0.3) is 0 Å². The summed E-state index contributed by atoms with van der Waals surface area (Å²) in [6.45, 7) is 2.05. The molecule has 0 saturated carbocycles. The van der Waals surface area contributed by atoms with Crippen molar-refractivity contribution in [1.82, 2.24) is 5.32 Å². The van der Waals surface area contributed by atoms with Crippen molar-refractivity contribution in [3.8, 4) is 11.5 Å². The SMILES string of the molecule is COc1cc(Cl)c(C2CCCNC2)c(OC)c1. The average molecular weight is 256 g/mol. The fourth-order valence-electron chi connectivity index (χ4n) is 2.35. The highest BCUT2D eigenvalue weighted by molar-refractivity contribution is 6.31. The molecule has 1 aliphatic rings. The Bertz CT molecular complexity index is 389. The Labute approximate surface area is 107 Å².